The summed E-state index contributed by atoms with van der Waals surface area (Å²) in [5, 5.41) is 2.58. The highest BCUT2D eigenvalue weighted by Crippen LogP contribution is 2.32. The highest BCUT2D eigenvalue weighted by molar-refractivity contribution is 7.99. The number of para-hydroxylation sites is 1. The minimum atomic E-state index is -0.0498. The molecule has 0 spiro atoms. The van der Waals surface area contributed by atoms with Gasteiger partial charge in [-0.2, -0.15) is 0 Å². The zero-order chi connectivity index (χ0) is 22.7. The highest BCUT2D eigenvalue weighted by Gasteiger charge is 2.19. The molecule has 0 unspecified atom stereocenters. The number of carbonyl (C=O) groups is 1. The van der Waals surface area contributed by atoms with Gasteiger partial charge in [0.05, 0.1) is 11.3 Å². The molecule has 2 aromatic carbocycles. The Hall–Kier alpha value is -2.90. The van der Waals surface area contributed by atoms with Crippen LogP contribution in [0.5, 0.6) is 0 Å². The van der Waals surface area contributed by atoms with Gasteiger partial charge in [-0.3, -0.25) is 14.2 Å². The van der Waals surface area contributed by atoms with Crippen molar-refractivity contribution in [1.29, 1.82) is 0 Å². The van der Waals surface area contributed by atoms with E-state index in [0.717, 1.165) is 16.8 Å². The Labute approximate surface area is 195 Å². The summed E-state index contributed by atoms with van der Waals surface area (Å²) in [4.78, 5) is 32.7. The number of rotatable bonds is 7. The summed E-state index contributed by atoms with van der Waals surface area (Å²) in [6.45, 7) is 7.03. The molecule has 2 heterocycles. The van der Waals surface area contributed by atoms with Crippen LogP contribution >= 0.6 is 23.1 Å². The van der Waals surface area contributed by atoms with Crippen LogP contribution in [0.4, 0.5) is 5.69 Å². The average Bonchev–Trinajstić information content (AvgIpc) is 3.24. The molecule has 0 fully saturated rings. The zero-order valence-corrected chi connectivity index (χ0v) is 20.0. The number of hydrogen-bond donors (Lipinski definition) is 0. The number of hydrogen-bond acceptors (Lipinski definition) is 5. The van der Waals surface area contributed by atoms with Crippen LogP contribution in [0.15, 0.2) is 69.9 Å². The number of aryl methyl sites for hydroxylation is 1. The molecular formula is C25H25N3O2S2. The number of thioether (sulfide) groups is 1. The Morgan fingerprint density at radius 1 is 1.09 bits per heavy atom. The summed E-state index contributed by atoms with van der Waals surface area (Å²) >= 11 is 2.75. The highest BCUT2D eigenvalue weighted by atomic mass is 32.2. The second kappa shape index (κ2) is 9.71. The summed E-state index contributed by atoms with van der Waals surface area (Å²) in [5.74, 6) is 0.204. The van der Waals surface area contributed by atoms with Crippen LogP contribution in [0.2, 0.25) is 0 Å². The summed E-state index contributed by atoms with van der Waals surface area (Å²) in [5.41, 5.74) is 4.71. The molecule has 0 bridgehead atoms. The van der Waals surface area contributed by atoms with Crippen molar-refractivity contribution in [3.63, 3.8) is 0 Å². The molecule has 0 aliphatic heterocycles. The van der Waals surface area contributed by atoms with E-state index in [1.54, 1.807) is 9.47 Å². The second-order valence-corrected chi connectivity index (χ2v) is 9.22. The molecule has 164 valence electrons. The lowest BCUT2D eigenvalue weighted by atomic mass is 10.1. The Kier molecular flexibility index (Phi) is 6.77. The van der Waals surface area contributed by atoms with Gasteiger partial charge in [-0.1, -0.05) is 59.8 Å². The molecule has 0 aliphatic rings. The molecular weight excluding hydrogens is 438 g/mol. The largest absolute Gasteiger partial charge is 0.312 e. The van der Waals surface area contributed by atoms with Crippen LogP contribution in [0.3, 0.4) is 0 Å². The van der Waals surface area contributed by atoms with Gasteiger partial charge in [0.1, 0.15) is 4.70 Å². The van der Waals surface area contributed by atoms with Gasteiger partial charge in [-0.05, 0) is 38.5 Å². The van der Waals surface area contributed by atoms with Gasteiger partial charge in [0.2, 0.25) is 5.91 Å². The molecule has 32 heavy (non-hydrogen) atoms. The van der Waals surface area contributed by atoms with Crippen molar-refractivity contribution in [3.05, 3.63) is 75.9 Å². The lowest BCUT2D eigenvalue weighted by Crippen LogP contribution is -2.32. The molecule has 1 amide bonds. The molecule has 7 heteroatoms. The summed E-state index contributed by atoms with van der Waals surface area (Å²) in [7, 11) is 0. The van der Waals surface area contributed by atoms with Crippen molar-refractivity contribution in [2.45, 2.75) is 32.5 Å². The molecule has 2 aromatic heterocycles. The zero-order valence-electron chi connectivity index (χ0n) is 18.4. The van der Waals surface area contributed by atoms with Crippen molar-refractivity contribution < 1.29 is 4.79 Å². The maximum Gasteiger partial charge on any atom is 0.272 e. The van der Waals surface area contributed by atoms with Gasteiger partial charge in [0, 0.05) is 29.7 Å². The first kappa shape index (κ1) is 22.3. The molecule has 0 radical (unpaired) electrons. The van der Waals surface area contributed by atoms with E-state index >= 15 is 0 Å². The number of amides is 1. The molecule has 4 rings (SSSR count). The summed E-state index contributed by atoms with van der Waals surface area (Å²) < 4.78 is 2.31. The molecule has 0 aliphatic carbocycles. The molecule has 0 saturated heterocycles. The van der Waals surface area contributed by atoms with Gasteiger partial charge in [-0.25, -0.2) is 4.98 Å². The van der Waals surface area contributed by atoms with Crippen LogP contribution in [-0.4, -0.2) is 27.8 Å². The van der Waals surface area contributed by atoms with E-state index in [1.165, 1.54) is 28.7 Å². The molecule has 0 atom stereocenters. The van der Waals surface area contributed by atoms with E-state index in [9.17, 15) is 9.59 Å². The third-order valence-electron chi connectivity index (χ3n) is 5.33. The SMILES string of the molecule is CCN(C(=O)CSc1nc2c(-c3ccc(C)cc3)csc2c(=O)n1CC)c1ccccc1. The molecule has 5 nitrogen and oxygen atoms in total. The fourth-order valence-electron chi connectivity index (χ4n) is 3.62. The van der Waals surface area contributed by atoms with Crippen molar-refractivity contribution in [3.8, 4) is 11.1 Å². The maximum atomic E-state index is 13.2. The number of aromatic nitrogens is 2. The van der Waals surface area contributed by atoms with Crippen molar-refractivity contribution >= 4 is 44.9 Å². The third-order valence-corrected chi connectivity index (χ3v) is 7.25. The Balaban J connectivity index is 1.67. The minimum Gasteiger partial charge on any atom is -0.312 e. The summed E-state index contributed by atoms with van der Waals surface area (Å²) in [6, 6.07) is 17.9. The fraction of sp³-hybridized carbons (Fsp3) is 0.240. The second-order valence-electron chi connectivity index (χ2n) is 7.40. The van der Waals surface area contributed by atoms with Crippen LogP contribution in [0.25, 0.3) is 21.3 Å². The van der Waals surface area contributed by atoms with E-state index < -0.39 is 0 Å². The topological polar surface area (TPSA) is 55.2 Å². The average molecular weight is 464 g/mol. The molecule has 0 saturated carbocycles. The van der Waals surface area contributed by atoms with Crippen LogP contribution < -0.4 is 10.5 Å². The monoisotopic (exact) mass is 463 g/mol. The third kappa shape index (κ3) is 4.36. The number of fused-ring (bicyclic) bond motifs is 1. The lowest BCUT2D eigenvalue weighted by molar-refractivity contribution is -0.116. The Morgan fingerprint density at radius 2 is 1.81 bits per heavy atom. The fourth-order valence-corrected chi connectivity index (χ4v) is 5.52. The van der Waals surface area contributed by atoms with Gasteiger partial charge in [0.15, 0.2) is 5.16 Å². The lowest BCUT2D eigenvalue weighted by Gasteiger charge is -2.21. The maximum absolute atomic E-state index is 13.2. The number of carbonyl (C=O) groups excluding carboxylic acids is 1. The predicted molar refractivity (Wildman–Crippen MR) is 135 cm³/mol. The molecule has 0 N–H and O–H groups in total. The summed E-state index contributed by atoms with van der Waals surface area (Å²) in [6.07, 6.45) is 0. The Morgan fingerprint density at radius 3 is 2.47 bits per heavy atom. The molecule has 4 aromatic rings. The normalized spacial score (nSPS) is 11.1. The van der Waals surface area contributed by atoms with Gasteiger partial charge >= 0.3 is 0 Å². The van der Waals surface area contributed by atoms with E-state index in [0.29, 0.717) is 28.5 Å². The van der Waals surface area contributed by atoms with Gasteiger partial charge in [-0.15, -0.1) is 11.3 Å². The number of nitrogens with zero attached hydrogens (tertiary/aromatic N) is 3. The standard InChI is InChI=1S/C25H25N3O2S2/c1-4-27(19-9-7-6-8-10-19)21(29)16-32-25-26-22-20(18-13-11-17(3)12-14-18)15-31-23(22)24(30)28(25)5-2/h6-15H,4-5,16H2,1-3H3. The number of thiophene rings is 1. The van der Waals surface area contributed by atoms with Crippen LogP contribution in [0.1, 0.15) is 19.4 Å². The van der Waals surface area contributed by atoms with Gasteiger partial charge in [0.25, 0.3) is 5.56 Å². The van der Waals surface area contributed by atoms with E-state index in [1.807, 2.05) is 49.6 Å². The van der Waals surface area contributed by atoms with Crippen LogP contribution in [0, 0.1) is 6.92 Å². The quantitative estimate of drug-likeness (QED) is 0.264. The van der Waals surface area contributed by atoms with Crippen molar-refractivity contribution in [1.82, 2.24) is 9.55 Å². The van der Waals surface area contributed by atoms with Gasteiger partial charge < -0.3 is 4.90 Å². The first-order chi connectivity index (χ1) is 15.5. The number of anilines is 1. The minimum absolute atomic E-state index is 0.00947. The Bertz CT molecular complexity index is 1290. The predicted octanol–water partition coefficient (Wildman–Crippen LogP) is 5.60. The number of benzene rings is 2. The smallest absolute Gasteiger partial charge is 0.272 e. The van der Waals surface area contributed by atoms with Crippen LogP contribution in [-0.2, 0) is 11.3 Å². The first-order valence-corrected chi connectivity index (χ1v) is 12.5. The van der Waals surface area contributed by atoms with E-state index in [4.69, 9.17) is 4.98 Å². The first-order valence-electron chi connectivity index (χ1n) is 10.6. The van der Waals surface area contributed by atoms with E-state index in [-0.39, 0.29) is 17.2 Å². The van der Waals surface area contributed by atoms with Crippen molar-refractivity contribution in [2.75, 3.05) is 17.2 Å². The van der Waals surface area contributed by atoms with Crippen molar-refractivity contribution in [2.24, 2.45) is 0 Å². The van der Waals surface area contributed by atoms with E-state index in [2.05, 4.69) is 31.2 Å².